The van der Waals surface area contributed by atoms with E-state index in [0.29, 0.717) is 23.0 Å². The molecule has 0 atom stereocenters. The molecule has 4 aromatic rings. The smallest absolute Gasteiger partial charge is 0.219 e. The molecule has 0 fully saturated rings. The second kappa shape index (κ2) is 6.60. The lowest BCUT2D eigenvalue weighted by Crippen LogP contribution is -2.06. The Hall–Kier alpha value is -3.41. The largest absolute Gasteiger partial charge is 0.240 e. The Balaban J connectivity index is 1.81. The number of rotatable bonds is 4. The quantitative estimate of drug-likeness (QED) is 0.573. The molecule has 0 aliphatic heterocycles. The third kappa shape index (κ3) is 3.14. The minimum Gasteiger partial charge on any atom is -0.240 e. The number of hydrogen-bond acceptors (Lipinski definition) is 4. The predicted octanol–water partition coefficient (Wildman–Crippen LogP) is 3.59. The van der Waals surface area contributed by atoms with E-state index in [-0.39, 0.29) is 12.4 Å². The van der Waals surface area contributed by atoms with Gasteiger partial charge in [-0.15, -0.1) is 5.10 Å². The lowest BCUT2D eigenvalue weighted by molar-refractivity contribution is 0.587. The van der Waals surface area contributed by atoms with E-state index in [1.807, 2.05) is 30.3 Å². The van der Waals surface area contributed by atoms with E-state index in [2.05, 4.69) is 20.1 Å². The maximum Gasteiger partial charge on any atom is 0.219 e. The van der Waals surface area contributed by atoms with Crippen LogP contribution in [0, 0.1) is 5.82 Å². The number of halogens is 1. The molecule has 4 rings (SSSR count). The molecule has 0 N–H and O–H groups in total. The first-order chi connectivity index (χ1) is 12.3. The highest BCUT2D eigenvalue weighted by atomic mass is 19.1. The van der Waals surface area contributed by atoms with Crippen LogP contribution in [0.1, 0.15) is 5.56 Å². The molecule has 6 heteroatoms. The van der Waals surface area contributed by atoms with Crippen LogP contribution in [0.3, 0.4) is 0 Å². The van der Waals surface area contributed by atoms with E-state index < -0.39 is 0 Å². The Labute approximate surface area is 143 Å². The highest BCUT2D eigenvalue weighted by molar-refractivity contribution is 5.58. The van der Waals surface area contributed by atoms with Crippen molar-refractivity contribution in [2.24, 2.45) is 0 Å². The third-order valence-corrected chi connectivity index (χ3v) is 3.75. The SMILES string of the molecule is Fc1ccccc1Cn1nc(-c2ncccn2)nc1-c1ccccc1. The summed E-state index contributed by atoms with van der Waals surface area (Å²) in [5, 5.41) is 4.51. The first-order valence-electron chi connectivity index (χ1n) is 7.82. The second-order valence-electron chi connectivity index (χ2n) is 5.45. The molecule has 0 bridgehead atoms. The fourth-order valence-corrected chi connectivity index (χ4v) is 2.55. The highest BCUT2D eigenvalue weighted by Gasteiger charge is 2.16. The molecule has 25 heavy (non-hydrogen) atoms. The van der Waals surface area contributed by atoms with E-state index in [0.717, 1.165) is 5.56 Å². The molecule has 0 amide bonds. The number of benzene rings is 2. The molecule has 0 aliphatic carbocycles. The second-order valence-corrected chi connectivity index (χ2v) is 5.45. The molecule has 0 saturated carbocycles. The third-order valence-electron chi connectivity index (χ3n) is 3.75. The van der Waals surface area contributed by atoms with Gasteiger partial charge in [0.25, 0.3) is 0 Å². The van der Waals surface area contributed by atoms with Crippen molar-refractivity contribution in [1.82, 2.24) is 24.7 Å². The minimum atomic E-state index is -0.269. The molecule has 0 spiro atoms. The predicted molar refractivity (Wildman–Crippen MR) is 92.0 cm³/mol. The van der Waals surface area contributed by atoms with Crippen molar-refractivity contribution in [3.63, 3.8) is 0 Å². The number of nitrogens with zero attached hydrogens (tertiary/aromatic N) is 5. The van der Waals surface area contributed by atoms with E-state index >= 15 is 0 Å². The zero-order valence-electron chi connectivity index (χ0n) is 13.2. The van der Waals surface area contributed by atoms with Gasteiger partial charge in [0.1, 0.15) is 5.82 Å². The monoisotopic (exact) mass is 331 g/mol. The summed E-state index contributed by atoms with van der Waals surface area (Å²) in [5.74, 6) is 1.23. The summed E-state index contributed by atoms with van der Waals surface area (Å²) in [7, 11) is 0. The maximum absolute atomic E-state index is 14.1. The average Bonchev–Trinajstić information content (AvgIpc) is 3.09. The Bertz CT molecular complexity index is 983. The van der Waals surface area contributed by atoms with Gasteiger partial charge in [0.15, 0.2) is 11.6 Å². The lowest BCUT2D eigenvalue weighted by Gasteiger charge is -2.07. The molecule has 0 aliphatic rings. The molecule has 0 saturated heterocycles. The Kier molecular flexibility index (Phi) is 4.00. The molecule has 0 unspecified atom stereocenters. The van der Waals surface area contributed by atoms with Crippen LogP contribution in [-0.2, 0) is 6.54 Å². The minimum absolute atomic E-state index is 0.269. The van der Waals surface area contributed by atoms with Crippen LogP contribution in [0.5, 0.6) is 0 Å². The van der Waals surface area contributed by atoms with Crippen molar-refractivity contribution in [3.8, 4) is 23.0 Å². The molecule has 2 aromatic heterocycles. The Morgan fingerprint density at radius 1 is 0.800 bits per heavy atom. The van der Waals surface area contributed by atoms with Crippen molar-refractivity contribution in [2.75, 3.05) is 0 Å². The highest BCUT2D eigenvalue weighted by Crippen LogP contribution is 2.22. The summed E-state index contributed by atoms with van der Waals surface area (Å²) in [6.07, 6.45) is 3.28. The van der Waals surface area contributed by atoms with Crippen molar-refractivity contribution in [2.45, 2.75) is 6.54 Å². The first kappa shape index (κ1) is 15.1. The van der Waals surface area contributed by atoms with E-state index in [9.17, 15) is 4.39 Å². The van der Waals surface area contributed by atoms with Crippen LogP contribution >= 0.6 is 0 Å². The normalized spacial score (nSPS) is 10.8. The van der Waals surface area contributed by atoms with E-state index in [1.165, 1.54) is 6.07 Å². The number of hydrogen-bond donors (Lipinski definition) is 0. The standard InChI is InChI=1S/C19H14FN5/c20-16-10-5-4-9-15(16)13-25-19(14-7-2-1-3-8-14)23-18(24-25)17-21-11-6-12-22-17/h1-12H,13H2. The zero-order chi connectivity index (χ0) is 17.1. The molecule has 2 aromatic carbocycles. The van der Waals surface area contributed by atoms with Gasteiger partial charge in [-0.25, -0.2) is 24.0 Å². The zero-order valence-corrected chi connectivity index (χ0v) is 13.2. The topological polar surface area (TPSA) is 56.5 Å². The van der Waals surface area contributed by atoms with Gasteiger partial charge < -0.3 is 0 Å². The molecule has 2 heterocycles. The van der Waals surface area contributed by atoms with Crippen LogP contribution < -0.4 is 0 Å². The summed E-state index contributed by atoms with van der Waals surface area (Å²) in [6, 6.07) is 18.1. The first-order valence-corrected chi connectivity index (χ1v) is 7.82. The summed E-state index contributed by atoms with van der Waals surface area (Å²) in [6.45, 7) is 0.275. The molecule has 5 nitrogen and oxygen atoms in total. The van der Waals surface area contributed by atoms with Gasteiger partial charge in [0.2, 0.25) is 5.82 Å². The fraction of sp³-hybridized carbons (Fsp3) is 0.0526. The lowest BCUT2D eigenvalue weighted by atomic mass is 10.2. The average molecular weight is 331 g/mol. The van der Waals surface area contributed by atoms with Crippen molar-refractivity contribution in [1.29, 1.82) is 0 Å². The van der Waals surface area contributed by atoms with Crippen molar-refractivity contribution >= 4 is 0 Å². The van der Waals surface area contributed by atoms with E-state index in [1.54, 1.807) is 41.3 Å². The van der Waals surface area contributed by atoms with Gasteiger partial charge in [0, 0.05) is 23.5 Å². The molecule has 0 radical (unpaired) electrons. The summed E-state index contributed by atoms with van der Waals surface area (Å²) >= 11 is 0. The molecular weight excluding hydrogens is 317 g/mol. The van der Waals surface area contributed by atoms with Gasteiger partial charge >= 0.3 is 0 Å². The fourth-order valence-electron chi connectivity index (χ4n) is 2.55. The van der Waals surface area contributed by atoms with Gasteiger partial charge in [-0.1, -0.05) is 48.5 Å². The van der Waals surface area contributed by atoms with Crippen LogP contribution in [0.2, 0.25) is 0 Å². The molecule has 122 valence electrons. The van der Waals surface area contributed by atoms with Crippen molar-refractivity contribution in [3.05, 3.63) is 84.4 Å². The van der Waals surface area contributed by atoms with Crippen LogP contribution in [0.4, 0.5) is 4.39 Å². The van der Waals surface area contributed by atoms with Gasteiger partial charge in [-0.2, -0.15) is 0 Å². The van der Waals surface area contributed by atoms with Crippen molar-refractivity contribution < 1.29 is 4.39 Å². The van der Waals surface area contributed by atoms with Gasteiger partial charge in [0.05, 0.1) is 6.54 Å². The Morgan fingerprint density at radius 2 is 1.52 bits per heavy atom. The van der Waals surface area contributed by atoms with E-state index in [4.69, 9.17) is 0 Å². The molecular formula is C19H14FN5. The van der Waals surface area contributed by atoms with Crippen LogP contribution in [0.15, 0.2) is 73.1 Å². The summed E-state index contributed by atoms with van der Waals surface area (Å²) < 4.78 is 15.7. The van der Waals surface area contributed by atoms with Gasteiger partial charge in [-0.05, 0) is 12.1 Å². The number of aromatic nitrogens is 5. The maximum atomic E-state index is 14.1. The van der Waals surface area contributed by atoms with Crippen LogP contribution in [-0.4, -0.2) is 24.7 Å². The summed E-state index contributed by atoms with van der Waals surface area (Å²) in [5.41, 5.74) is 1.44. The van der Waals surface area contributed by atoms with Gasteiger partial charge in [-0.3, -0.25) is 0 Å². The Morgan fingerprint density at radius 3 is 2.28 bits per heavy atom. The van der Waals surface area contributed by atoms with Crippen LogP contribution in [0.25, 0.3) is 23.0 Å². The summed E-state index contributed by atoms with van der Waals surface area (Å²) in [4.78, 5) is 13.0.